The Kier molecular flexibility index (Phi) is 5.49. The Bertz CT molecular complexity index is 983. The number of hydrogen-bond donors (Lipinski definition) is 1. The number of benzene rings is 1. The first-order chi connectivity index (χ1) is 13.0. The monoisotopic (exact) mass is 365 g/mol. The van der Waals surface area contributed by atoms with E-state index in [9.17, 15) is 4.79 Å². The van der Waals surface area contributed by atoms with E-state index in [1.165, 1.54) is 10.7 Å². The summed E-state index contributed by atoms with van der Waals surface area (Å²) in [5.41, 5.74) is 8.45. The summed E-state index contributed by atoms with van der Waals surface area (Å²) in [4.78, 5) is 20.9. The van der Waals surface area contributed by atoms with Crippen LogP contribution in [0, 0.1) is 0 Å². The summed E-state index contributed by atoms with van der Waals surface area (Å²) in [6.07, 6.45) is 0.822. The zero-order chi connectivity index (χ0) is 19.4. The van der Waals surface area contributed by atoms with Crippen molar-refractivity contribution >= 4 is 5.95 Å². The maximum Gasteiger partial charge on any atom is 0.267 e. The molecule has 2 N–H and O–H groups in total. The van der Waals surface area contributed by atoms with Gasteiger partial charge in [0.05, 0.1) is 29.6 Å². The predicted octanol–water partition coefficient (Wildman–Crippen LogP) is 3.32. The van der Waals surface area contributed by atoms with E-state index < -0.39 is 0 Å². The van der Waals surface area contributed by atoms with Gasteiger partial charge in [0.2, 0.25) is 11.8 Å². The zero-order valence-corrected chi connectivity index (χ0v) is 15.7. The topological polar surface area (TPSA) is 95.9 Å². The second kappa shape index (κ2) is 7.99. The molecule has 0 unspecified atom stereocenters. The fraction of sp³-hybridized carbons (Fsp3) is 0.300. The molecule has 3 aromatic rings. The summed E-state index contributed by atoms with van der Waals surface area (Å²) >= 11 is 0. The van der Waals surface area contributed by atoms with Crippen LogP contribution in [0.1, 0.15) is 33.2 Å². The van der Waals surface area contributed by atoms with Gasteiger partial charge in [0.15, 0.2) is 0 Å². The SMILES string of the molecule is CCCOc1nc(N)nc(-c2ccccc2)c1-c1ccc(=O)n(C(C)C)n1. The molecule has 0 aliphatic carbocycles. The van der Waals surface area contributed by atoms with Crippen molar-refractivity contribution in [1.29, 1.82) is 0 Å². The highest BCUT2D eigenvalue weighted by atomic mass is 16.5. The molecule has 2 heterocycles. The highest BCUT2D eigenvalue weighted by Gasteiger charge is 2.20. The first-order valence-corrected chi connectivity index (χ1v) is 8.97. The highest BCUT2D eigenvalue weighted by Crippen LogP contribution is 2.36. The second-order valence-corrected chi connectivity index (χ2v) is 6.42. The number of nitrogens with zero attached hydrogens (tertiary/aromatic N) is 4. The van der Waals surface area contributed by atoms with Gasteiger partial charge in [0.1, 0.15) is 0 Å². The third-order valence-corrected chi connectivity index (χ3v) is 3.95. The molecule has 0 amide bonds. The Balaban J connectivity index is 2.29. The van der Waals surface area contributed by atoms with E-state index in [1.54, 1.807) is 6.07 Å². The maximum atomic E-state index is 12.1. The van der Waals surface area contributed by atoms with E-state index in [-0.39, 0.29) is 17.5 Å². The molecule has 0 radical (unpaired) electrons. The average Bonchev–Trinajstić information content (AvgIpc) is 2.67. The summed E-state index contributed by atoms with van der Waals surface area (Å²) in [6, 6.07) is 12.7. The lowest BCUT2D eigenvalue weighted by Gasteiger charge is -2.16. The van der Waals surface area contributed by atoms with E-state index >= 15 is 0 Å². The molecule has 0 aliphatic heterocycles. The summed E-state index contributed by atoms with van der Waals surface area (Å²) in [5, 5.41) is 4.53. The molecule has 0 spiro atoms. The smallest absolute Gasteiger partial charge is 0.267 e. The summed E-state index contributed by atoms with van der Waals surface area (Å²) in [7, 11) is 0. The van der Waals surface area contributed by atoms with Gasteiger partial charge in [-0.25, -0.2) is 9.67 Å². The quantitative estimate of drug-likeness (QED) is 0.720. The maximum absolute atomic E-state index is 12.1. The summed E-state index contributed by atoms with van der Waals surface area (Å²) in [5.74, 6) is 0.491. The van der Waals surface area contributed by atoms with Crippen molar-refractivity contribution in [2.45, 2.75) is 33.2 Å². The van der Waals surface area contributed by atoms with E-state index in [0.717, 1.165) is 12.0 Å². The van der Waals surface area contributed by atoms with Crippen LogP contribution in [0.3, 0.4) is 0 Å². The van der Waals surface area contributed by atoms with Crippen LogP contribution in [0.25, 0.3) is 22.5 Å². The van der Waals surface area contributed by atoms with E-state index in [1.807, 2.05) is 51.1 Å². The normalized spacial score (nSPS) is 11.0. The number of anilines is 1. The van der Waals surface area contributed by atoms with Crippen LogP contribution in [-0.2, 0) is 0 Å². The van der Waals surface area contributed by atoms with Gasteiger partial charge in [-0.1, -0.05) is 37.3 Å². The molecule has 27 heavy (non-hydrogen) atoms. The van der Waals surface area contributed by atoms with Gasteiger partial charge in [0.25, 0.3) is 5.56 Å². The van der Waals surface area contributed by atoms with Crippen LogP contribution in [0.15, 0.2) is 47.3 Å². The van der Waals surface area contributed by atoms with Gasteiger partial charge in [-0.15, -0.1) is 0 Å². The molecule has 2 aromatic heterocycles. The first kappa shape index (κ1) is 18.6. The van der Waals surface area contributed by atoms with E-state index in [4.69, 9.17) is 10.5 Å². The van der Waals surface area contributed by atoms with Crippen molar-refractivity contribution in [2.24, 2.45) is 0 Å². The van der Waals surface area contributed by atoms with Crippen molar-refractivity contribution in [3.05, 3.63) is 52.8 Å². The van der Waals surface area contributed by atoms with Crippen LogP contribution >= 0.6 is 0 Å². The Morgan fingerprint density at radius 1 is 1.11 bits per heavy atom. The van der Waals surface area contributed by atoms with Gasteiger partial charge >= 0.3 is 0 Å². The molecule has 0 saturated heterocycles. The van der Waals surface area contributed by atoms with Gasteiger partial charge in [-0.3, -0.25) is 4.79 Å². The molecule has 0 fully saturated rings. The molecule has 1 aromatic carbocycles. The lowest BCUT2D eigenvalue weighted by molar-refractivity contribution is 0.306. The lowest BCUT2D eigenvalue weighted by Crippen LogP contribution is -2.24. The Hall–Kier alpha value is -3.22. The van der Waals surface area contributed by atoms with Crippen LogP contribution in [0.2, 0.25) is 0 Å². The summed E-state index contributed by atoms with van der Waals surface area (Å²) < 4.78 is 7.29. The van der Waals surface area contributed by atoms with Crippen molar-refractivity contribution in [3.63, 3.8) is 0 Å². The average molecular weight is 365 g/mol. The Morgan fingerprint density at radius 3 is 2.52 bits per heavy atom. The number of rotatable bonds is 6. The minimum Gasteiger partial charge on any atom is -0.477 e. The van der Waals surface area contributed by atoms with E-state index in [0.29, 0.717) is 29.4 Å². The molecule has 3 rings (SSSR count). The fourth-order valence-electron chi connectivity index (χ4n) is 2.72. The summed E-state index contributed by atoms with van der Waals surface area (Å²) in [6.45, 7) is 6.32. The molecular weight excluding hydrogens is 342 g/mol. The van der Waals surface area contributed by atoms with E-state index in [2.05, 4.69) is 15.1 Å². The van der Waals surface area contributed by atoms with Gasteiger partial charge < -0.3 is 10.5 Å². The van der Waals surface area contributed by atoms with Gasteiger partial charge in [-0.05, 0) is 26.3 Å². The standard InChI is InChI=1S/C20H23N5O2/c1-4-12-27-19-17(15-10-11-16(26)25(24-15)13(2)3)18(22-20(21)23-19)14-8-6-5-7-9-14/h5-11,13H,4,12H2,1-3H3,(H2,21,22,23). The van der Waals surface area contributed by atoms with Crippen molar-refractivity contribution < 1.29 is 4.74 Å². The number of aromatic nitrogens is 4. The molecule has 7 heteroatoms. The third kappa shape index (κ3) is 3.97. The predicted molar refractivity (Wildman–Crippen MR) is 106 cm³/mol. The van der Waals surface area contributed by atoms with Crippen LogP contribution in [0.4, 0.5) is 5.95 Å². The third-order valence-electron chi connectivity index (χ3n) is 3.95. The highest BCUT2D eigenvalue weighted by molar-refractivity contribution is 5.83. The fourth-order valence-corrected chi connectivity index (χ4v) is 2.72. The number of nitrogens with two attached hydrogens (primary N) is 1. The molecule has 140 valence electrons. The zero-order valence-electron chi connectivity index (χ0n) is 15.7. The van der Waals surface area contributed by atoms with Crippen molar-refractivity contribution in [3.8, 4) is 28.4 Å². The number of nitrogen functional groups attached to an aromatic ring is 1. The van der Waals surface area contributed by atoms with Gasteiger partial charge in [0, 0.05) is 11.6 Å². The van der Waals surface area contributed by atoms with Crippen LogP contribution < -0.4 is 16.0 Å². The molecular formula is C20H23N5O2. The molecule has 7 nitrogen and oxygen atoms in total. The Labute approximate surface area is 157 Å². The molecule has 0 aliphatic rings. The molecule has 0 saturated carbocycles. The molecule has 0 atom stereocenters. The van der Waals surface area contributed by atoms with Gasteiger partial charge in [-0.2, -0.15) is 10.1 Å². The largest absolute Gasteiger partial charge is 0.477 e. The first-order valence-electron chi connectivity index (χ1n) is 8.97. The lowest BCUT2D eigenvalue weighted by atomic mass is 10.0. The number of ether oxygens (including phenoxy) is 1. The van der Waals surface area contributed by atoms with Crippen molar-refractivity contribution in [2.75, 3.05) is 12.3 Å². The minimum atomic E-state index is -0.164. The Morgan fingerprint density at radius 2 is 1.85 bits per heavy atom. The minimum absolute atomic E-state index is 0.0765. The second-order valence-electron chi connectivity index (χ2n) is 6.42. The number of hydrogen-bond acceptors (Lipinski definition) is 6. The van der Waals surface area contributed by atoms with Crippen molar-refractivity contribution in [1.82, 2.24) is 19.7 Å². The molecule has 0 bridgehead atoms. The van der Waals surface area contributed by atoms with Crippen LogP contribution in [0.5, 0.6) is 5.88 Å². The van der Waals surface area contributed by atoms with Crippen LogP contribution in [-0.4, -0.2) is 26.4 Å².